The van der Waals surface area contributed by atoms with Crippen LogP contribution in [-0.2, 0) is 19.2 Å². The molecule has 1 aliphatic carbocycles. The minimum Gasteiger partial charge on any atom is -0.472 e. The summed E-state index contributed by atoms with van der Waals surface area (Å²) in [6, 6.07) is 0.0331. The summed E-state index contributed by atoms with van der Waals surface area (Å²) >= 11 is 5.96. The molecule has 2 aliphatic rings. The highest BCUT2D eigenvalue weighted by Gasteiger charge is 2.46. The summed E-state index contributed by atoms with van der Waals surface area (Å²) in [7, 11) is 0. The molecule has 0 aromatic carbocycles. The van der Waals surface area contributed by atoms with E-state index in [1.54, 1.807) is 12.1 Å². The third-order valence-corrected chi connectivity index (χ3v) is 7.71. The van der Waals surface area contributed by atoms with Gasteiger partial charge >= 0.3 is 0 Å². The van der Waals surface area contributed by atoms with Crippen molar-refractivity contribution in [1.29, 1.82) is 5.26 Å². The number of aromatic nitrogens is 1. The summed E-state index contributed by atoms with van der Waals surface area (Å²) in [5.74, 6) is -2.52. The standard InChI is InChI=1S/C30H43ClN8O5/c1-29(2,3)24(37-28(35-16-32)38-30(4,5)6)27(43)39-15-19(44-22-11-10-18(31)14-34-22)13-21(39)26(42)36-20(23(40)25(33)41)12-17-8-7-9-17/h10-11,14,17,19-21,24H,7-9,12-13,15H2,1-6H3,(H2,33,41)(H,36,42)(H2,35,37,38)/t19-,20?,21-,24+/m1/s1. The van der Waals surface area contributed by atoms with Crippen molar-refractivity contribution in [1.82, 2.24) is 25.8 Å². The van der Waals surface area contributed by atoms with Crippen LogP contribution in [0.1, 0.15) is 73.6 Å². The van der Waals surface area contributed by atoms with Crippen LogP contribution in [0.2, 0.25) is 5.02 Å². The summed E-state index contributed by atoms with van der Waals surface area (Å²) < 4.78 is 6.04. The molecule has 5 N–H and O–H groups in total. The number of amides is 3. The molecule has 14 heteroatoms. The fourth-order valence-electron chi connectivity index (χ4n) is 5.12. The summed E-state index contributed by atoms with van der Waals surface area (Å²) in [5.41, 5.74) is 4.10. The fraction of sp³-hybridized carbons (Fsp3) is 0.633. The Morgan fingerprint density at radius 2 is 1.89 bits per heavy atom. The Hall–Kier alpha value is -3.92. The quantitative estimate of drug-likeness (QED) is 0.0984. The van der Waals surface area contributed by atoms with Gasteiger partial charge in [-0.15, -0.1) is 0 Å². The summed E-state index contributed by atoms with van der Waals surface area (Å²) in [5, 5.41) is 18.1. The SMILES string of the molecule is CC(C)(C)NC(=N[C@@H](C(=O)N1C[C@H](Oc2ccc(Cl)cn2)C[C@@H]1C(=O)NC(CC1CCC1)C(=O)C(N)=O)C(C)(C)C)NC#N. The van der Waals surface area contributed by atoms with Gasteiger partial charge in [0, 0.05) is 24.2 Å². The Bertz CT molecular complexity index is 1290. The highest BCUT2D eigenvalue weighted by molar-refractivity contribution is 6.37. The average Bonchev–Trinajstić information content (AvgIpc) is 3.31. The molecule has 1 aliphatic heterocycles. The Morgan fingerprint density at radius 1 is 1.20 bits per heavy atom. The number of nitrogens with two attached hydrogens (primary N) is 1. The number of likely N-dealkylation sites (tertiary alicyclic amines) is 1. The molecule has 13 nitrogen and oxygen atoms in total. The number of carbonyl (C=O) groups is 4. The number of nitrogens with one attached hydrogen (secondary N) is 3. The molecule has 1 aromatic rings. The van der Waals surface area contributed by atoms with Crippen LogP contribution < -0.4 is 26.4 Å². The molecule has 4 atom stereocenters. The summed E-state index contributed by atoms with van der Waals surface area (Å²) in [6.07, 6.45) is 5.82. The molecule has 2 fully saturated rings. The number of pyridine rings is 1. The smallest absolute Gasteiger partial charge is 0.287 e. The maximum absolute atomic E-state index is 14.3. The Morgan fingerprint density at radius 3 is 2.39 bits per heavy atom. The second kappa shape index (κ2) is 14.2. The van der Waals surface area contributed by atoms with E-state index in [-0.39, 0.29) is 30.7 Å². The zero-order valence-corrected chi connectivity index (χ0v) is 26.9. The molecule has 1 saturated carbocycles. The number of Topliss-reactive ketones (excluding diaryl/α,β-unsaturated/α-hetero) is 1. The van der Waals surface area contributed by atoms with Crippen molar-refractivity contribution in [2.45, 2.75) is 103 Å². The van der Waals surface area contributed by atoms with E-state index in [1.807, 2.05) is 47.7 Å². The number of hydrogen-bond acceptors (Lipinski definition) is 8. The first-order valence-corrected chi connectivity index (χ1v) is 15.1. The fourth-order valence-corrected chi connectivity index (χ4v) is 5.23. The maximum atomic E-state index is 14.3. The molecule has 2 heterocycles. The summed E-state index contributed by atoms with van der Waals surface area (Å²) in [6.45, 7) is 11.2. The van der Waals surface area contributed by atoms with Crippen LogP contribution in [-0.4, -0.2) is 75.7 Å². The third kappa shape index (κ3) is 9.54. The van der Waals surface area contributed by atoms with E-state index in [4.69, 9.17) is 22.1 Å². The van der Waals surface area contributed by atoms with E-state index in [2.05, 4.69) is 25.9 Å². The Balaban J connectivity index is 1.96. The Labute approximate surface area is 263 Å². The van der Waals surface area contributed by atoms with Crippen molar-refractivity contribution in [2.24, 2.45) is 22.1 Å². The van der Waals surface area contributed by atoms with Crippen LogP contribution in [0.15, 0.2) is 23.3 Å². The lowest BCUT2D eigenvalue weighted by Gasteiger charge is -2.34. The Kier molecular flexibility index (Phi) is 11.2. The zero-order chi connectivity index (χ0) is 32.8. The van der Waals surface area contributed by atoms with Gasteiger partial charge < -0.3 is 26.0 Å². The average molecular weight is 631 g/mol. The first-order valence-electron chi connectivity index (χ1n) is 14.7. The van der Waals surface area contributed by atoms with Gasteiger partial charge in [-0.05, 0) is 44.6 Å². The summed E-state index contributed by atoms with van der Waals surface area (Å²) in [4.78, 5) is 62.8. The van der Waals surface area contributed by atoms with Crippen LogP contribution in [0.3, 0.4) is 0 Å². The monoisotopic (exact) mass is 630 g/mol. The number of hydrogen-bond donors (Lipinski definition) is 4. The van der Waals surface area contributed by atoms with Crippen molar-refractivity contribution in [3.63, 3.8) is 0 Å². The van der Waals surface area contributed by atoms with Crippen molar-refractivity contribution in [2.75, 3.05) is 6.54 Å². The van der Waals surface area contributed by atoms with Crippen molar-refractivity contribution in [3.8, 4) is 12.1 Å². The molecular formula is C30H43ClN8O5. The number of carbonyl (C=O) groups excluding carboxylic acids is 4. The van der Waals surface area contributed by atoms with Gasteiger partial charge in [0.15, 0.2) is 6.19 Å². The molecule has 1 aromatic heterocycles. The minimum absolute atomic E-state index is 0.0219. The van der Waals surface area contributed by atoms with Gasteiger partial charge in [0.05, 0.1) is 17.6 Å². The molecule has 1 saturated heterocycles. The number of aliphatic imine (C=N–C) groups is 1. The van der Waals surface area contributed by atoms with Gasteiger partial charge in [-0.2, -0.15) is 5.26 Å². The van der Waals surface area contributed by atoms with E-state index < -0.39 is 58.7 Å². The predicted octanol–water partition coefficient (Wildman–Crippen LogP) is 2.04. The van der Waals surface area contributed by atoms with E-state index in [0.717, 1.165) is 19.3 Å². The first-order chi connectivity index (χ1) is 20.5. The number of primary amides is 1. The number of nitrogens with zero attached hydrogens (tertiary/aromatic N) is 4. The molecule has 3 rings (SSSR count). The van der Waals surface area contributed by atoms with Gasteiger partial charge in [-0.3, -0.25) is 24.5 Å². The molecule has 240 valence electrons. The normalized spacial score (nSPS) is 20.5. The lowest BCUT2D eigenvalue weighted by molar-refractivity contribution is -0.143. The first kappa shape index (κ1) is 34.6. The van der Waals surface area contributed by atoms with Crippen LogP contribution in [0, 0.1) is 22.8 Å². The molecule has 3 amide bonds. The second-order valence-corrected chi connectivity index (χ2v) is 13.9. The van der Waals surface area contributed by atoms with Crippen LogP contribution in [0.25, 0.3) is 0 Å². The number of rotatable bonds is 10. The third-order valence-electron chi connectivity index (χ3n) is 7.49. The van der Waals surface area contributed by atoms with E-state index in [9.17, 15) is 24.4 Å². The number of guanidine groups is 1. The van der Waals surface area contributed by atoms with Crippen LogP contribution in [0.4, 0.5) is 0 Å². The van der Waals surface area contributed by atoms with Crippen molar-refractivity contribution in [3.05, 3.63) is 23.4 Å². The lowest BCUT2D eigenvalue weighted by Crippen LogP contribution is -2.56. The largest absolute Gasteiger partial charge is 0.472 e. The number of nitriles is 1. The van der Waals surface area contributed by atoms with E-state index in [1.165, 1.54) is 11.1 Å². The van der Waals surface area contributed by atoms with Gasteiger partial charge in [0.1, 0.15) is 18.2 Å². The van der Waals surface area contributed by atoms with Crippen molar-refractivity contribution >= 4 is 41.1 Å². The number of halogens is 1. The number of ketones is 1. The minimum atomic E-state index is -1.13. The van der Waals surface area contributed by atoms with Gasteiger partial charge in [0.25, 0.3) is 5.91 Å². The van der Waals surface area contributed by atoms with Gasteiger partial charge in [0.2, 0.25) is 29.4 Å². The lowest BCUT2D eigenvalue weighted by atomic mass is 9.80. The molecule has 0 spiro atoms. The predicted molar refractivity (Wildman–Crippen MR) is 164 cm³/mol. The highest BCUT2D eigenvalue weighted by atomic mass is 35.5. The molecule has 0 bridgehead atoms. The van der Waals surface area contributed by atoms with Gasteiger partial charge in [-0.25, -0.2) is 9.98 Å². The second-order valence-electron chi connectivity index (χ2n) is 13.5. The molecule has 44 heavy (non-hydrogen) atoms. The number of ether oxygens (including phenoxy) is 1. The highest BCUT2D eigenvalue weighted by Crippen LogP contribution is 2.32. The molecule has 1 unspecified atom stereocenters. The maximum Gasteiger partial charge on any atom is 0.287 e. The zero-order valence-electron chi connectivity index (χ0n) is 26.1. The molecular weight excluding hydrogens is 588 g/mol. The molecule has 0 radical (unpaired) electrons. The van der Waals surface area contributed by atoms with Gasteiger partial charge in [-0.1, -0.05) is 51.6 Å². The van der Waals surface area contributed by atoms with Crippen LogP contribution in [0.5, 0.6) is 5.88 Å². The van der Waals surface area contributed by atoms with Crippen molar-refractivity contribution < 1.29 is 23.9 Å². The van der Waals surface area contributed by atoms with E-state index >= 15 is 0 Å². The van der Waals surface area contributed by atoms with Crippen LogP contribution >= 0.6 is 11.6 Å². The topological polar surface area (TPSA) is 192 Å². The van der Waals surface area contributed by atoms with E-state index in [0.29, 0.717) is 11.4 Å².